The lowest BCUT2D eigenvalue weighted by Gasteiger charge is -2.35. The summed E-state index contributed by atoms with van der Waals surface area (Å²) in [6.07, 6.45) is 9.32. The minimum atomic E-state index is -0.615. The van der Waals surface area contributed by atoms with Crippen molar-refractivity contribution in [3.8, 4) is 17.2 Å². The van der Waals surface area contributed by atoms with E-state index in [4.69, 9.17) is 28.8 Å². The fourth-order valence-electron chi connectivity index (χ4n) is 14.5. The number of halogens is 4. The molecule has 0 unspecified atom stereocenters. The fraction of sp³-hybridized carbons (Fsp3) is 0.269. The summed E-state index contributed by atoms with van der Waals surface area (Å²) >= 11 is 0. The average molecular weight is 1960 g/mol. The molecule has 4 amide bonds. The number of benzene rings is 8. The van der Waals surface area contributed by atoms with E-state index in [-0.39, 0.29) is 77.3 Å². The number of rotatable bonds is 43. The van der Waals surface area contributed by atoms with E-state index in [1.54, 1.807) is 96.7 Å². The molecule has 0 saturated carbocycles. The molecular weight excluding hydrogens is 1840 g/mol. The van der Waals surface area contributed by atoms with Crippen LogP contribution >= 0.6 is 0 Å². The largest absolute Gasteiger partial charge is 0.492 e. The minimum Gasteiger partial charge on any atom is -0.492 e. The Kier molecular flexibility index (Phi) is 41.2. The number of nitrogens with zero attached hydrogens (tertiary/aromatic N) is 15. The van der Waals surface area contributed by atoms with Gasteiger partial charge in [0.05, 0.1) is 57.8 Å². The van der Waals surface area contributed by atoms with Crippen molar-refractivity contribution in [2.45, 2.75) is 26.9 Å². The van der Waals surface area contributed by atoms with Gasteiger partial charge in [0.25, 0.3) is 0 Å². The lowest BCUT2D eigenvalue weighted by Crippen LogP contribution is -2.47. The Morgan fingerprint density at radius 3 is 1.06 bits per heavy atom. The summed E-state index contributed by atoms with van der Waals surface area (Å²) in [5, 5.41) is 38.7. The van der Waals surface area contributed by atoms with Crippen LogP contribution in [-0.4, -0.2) is 257 Å². The molecular formula is C104H119F4N25O10. The van der Waals surface area contributed by atoms with E-state index in [2.05, 4.69) is 164 Å². The van der Waals surface area contributed by atoms with E-state index in [9.17, 15) is 36.7 Å². The Morgan fingerprint density at radius 2 is 0.706 bits per heavy atom. The SMILES string of the molecule is C=CC(=O)N(C)Cc1ccc(Nc2nc(Nc3cccc(N4CCN(CCO)CC4)c3)ncc2F)cc1.C=CC(=O)N(C)Cc1ccc(Nc2nc(Nc3cccc(OCCN4CCOCC4)c3)ncc2F)cc1.C=CC(=O)Nc1cccc(Nc2nc(Nc3cccc(OCCN(CC)CC)c3)ncc2F)c1.C=CC(=O)Nc1cccc(Nc2nc(Nc3cccc(OCCN4CCOCC4)c3)ncc2F)c1. The summed E-state index contributed by atoms with van der Waals surface area (Å²) in [7, 11) is 3.41. The van der Waals surface area contributed by atoms with Gasteiger partial charge >= 0.3 is 0 Å². The van der Waals surface area contributed by atoms with Crippen molar-refractivity contribution in [3.63, 3.8) is 0 Å². The zero-order chi connectivity index (χ0) is 101. The van der Waals surface area contributed by atoms with Gasteiger partial charge < -0.3 is 102 Å². The molecule has 0 aliphatic carbocycles. The van der Waals surface area contributed by atoms with Crippen molar-refractivity contribution in [1.29, 1.82) is 0 Å². The molecule has 39 heteroatoms. The second-order valence-electron chi connectivity index (χ2n) is 32.5. The standard InChI is InChI=1S/C27H32FN7O2.C27H31FN6O3.C25H27FN6O3.C25H29FN6O2/c1-3-25(37)33(2)19-20-7-9-21(10-8-20)30-26-24(28)18-29-27(32-26)31-22-5-4-6-23(17-22)35-13-11-34(12-14-35)15-16-36;1-3-25(35)33(2)19-20-7-9-21(10-8-20)30-26-24(28)18-29-27(32-26)31-22-5-4-6-23(17-22)37-16-13-34-11-14-36-15-12-34;1-2-23(33)28-18-5-3-6-19(15-18)29-24-22(26)17-27-25(31-24)30-20-7-4-8-21(16-20)35-14-11-32-9-12-34-13-10-32;1-4-23(33)28-18-9-7-10-19(15-18)29-24-22(26)17-27-25(31-24)30-20-11-8-12-21(16-20)34-14-13-32(5-2)6-3/h3-10,17-18,36H,1,11-16,19H2,2H3,(H2,29,30,31,32);3-10,17-18H,1,11-16,19H2,2H3,(H2,29,30,31,32);2-8,15-17H,1,9-14H2,(H,28,33)(H2,27,29,30,31);4,7-12,15-17H,1,5-6,13-14H2,2-3H3,(H,28,33)(H2,27,29,30,31). The van der Waals surface area contributed by atoms with Crippen molar-refractivity contribution >= 4 is 133 Å². The number of hydrogen-bond acceptors (Lipinski definition) is 31. The Bertz CT molecular complexity index is 6180. The number of carbonyl (C=O) groups excluding carboxylic acids is 4. The van der Waals surface area contributed by atoms with Crippen molar-refractivity contribution in [1.82, 2.24) is 69.3 Å². The molecule has 3 aliphatic rings. The second-order valence-corrected chi connectivity index (χ2v) is 32.5. The lowest BCUT2D eigenvalue weighted by molar-refractivity contribution is -0.126. The first-order valence-electron chi connectivity index (χ1n) is 46.5. The number of piperazine rings is 1. The van der Waals surface area contributed by atoms with Crippen molar-refractivity contribution in [2.24, 2.45) is 0 Å². The number of morpholine rings is 2. The Labute approximate surface area is 828 Å². The van der Waals surface area contributed by atoms with Crippen LogP contribution in [0.5, 0.6) is 17.2 Å². The number of aromatic nitrogens is 8. The van der Waals surface area contributed by atoms with Crippen LogP contribution in [-0.2, 0) is 41.7 Å². The summed E-state index contributed by atoms with van der Waals surface area (Å²) < 4.78 is 86.0. The number of anilines is 19. The van der Waals surface area contributed by atoms with E-state index in [0.717, 1.165) is 176 Å². The number of hydrogen-bond donors (Lipinski definition) is 11. The lowest BCUT2D eigenvalue weighted by atomic mass is 10.2. The maximum absolute atomic E-state index is 14.5. The van der Waals surface area contributed by atoms with Gasteiger partial charge in [0.1, 0.15) is 37.1 Å². The normalized spacial score (nSPS) is 12.9. The molecule has 3 saturated heterocycles. The molecule has 0 atom stereocenters. The number of ether oxygens (including phenoxy) is 5. The summed E-state index contributed by atoms with van der Waals surface area (Å²) in [6, 6.07) is 58.6. The molecule has 35 nitrogen and oxygen atoms in total. The van der Waals surface area contributed by atoms with Crippen molar-refractivity contribution in [2.75, 3.05) is 217 Å². The predicted octanol–water partition coefficient (Wildman–Crippen LogP) is 16.2. The third kappa shape index (κ3) is 35.1. The molecule has 8 aromatic carbocycles. The highest BCUT2D eigenvalue weighted by Gasteiger charge is 2.22. The van der Waals surface area contributed by atoms with Gasteiger partial charge in [-0.3, -0.25) is 33.9 Å². The third-order valence-electron chi connectivity index (χ3n) is 22.2. The highest BCUT2D eigenvalue weighted by atomic mass is 19.1. The first-order valence-corrected chi connectivity index (χ1v) is 46.5. The molecule has 143 heavy (non-hydrogen) atoms. The number of aliphatic hydroxyl groups excluding tert-OH is 1. The number of β-amino-alcohol motifs (C(OH)–C–C–N with tert-alkyl or cyclic N) is 1. The summed E-state index contributed by atoms with van der Waals surface area (Å²) in [5.74, 6) is -0.162. The Balaban J connectivity index is 0.000000170. The Morgan fingerprint density at radius 1 is 0.385 bits per heavy atom. The maximum atomic E-state index is 14.5. The van der Waals surface area contributed by atoms with Gasteiger partial charge in [0.15, 0.2) is 46.5 Å². The van der Waals surface area contributed by atoms with Gasteiger partial charge in [0, 0.05) is 186 Å². The molecule has 748 valence electrons. The van der Waals surface area contributed by atoms with E-state index >= 15 is 0 Å². The van der Waals surface area contributed by atoms with Gasteiger partial charge in [0.2, 0.25) is 47.4 Å². The number of carbonyl (C=O) groups is 4. The number of nitrogens with one attached hydrogen (secondary N) is 10. The van der Waals surface area contributed by atoms with Crippen LogP contribution in [0.3, 0.4) is 0 Å². The number of aliphatic hydroxyl groups is 1. The van der Waals surface area contributed by atoms with E-state index in [1.807, 2.05) is 115 Å². The highest BCUT2D eigenvalue weighted by molar-refractivity contribution is 6.00. The van der Waals surface area contributed by atoms with Gasteiger partial charge in [-0.1, -0.05) is 101 Å². The molecule has 0 spiro atoms. The maximum Gasteiger partial charge on any atom is 0.247 e. The quantitative estimate of drug-likeness (QED) is 0.0125. The fourth-order valence-corrected chi connectivity index (χ4v) is 14.5. The van der Waals surface area contributed by atoms with Crippen LogP contribution in [0, 0.1) is 23.3 Å². The highest BCUT2D eigenvalue weighted by Crippen LogP contribution is 2.32. The van der Waals surface area contributed by atoms with Crippen LogP contribution < -0.4 is 72.3 Å². The zero-order valence-electron chi connectivity index (χ0n) is 80.2. The van der Waals surface area contributed by atoms with Gasteiger partial charge in [-0.2, -0.15) is 19.9 Å². The van der Waals surface area contributed by atoms with Crippen LogP contribution in [0.1, 0.15) is 25.0 Å². The van der Waals surface area contributed by atoms with Gasteiger partial charge in [-0.25, -0.2) is 37.5 Å². The van der Waals surface area contributed by atoms with E-state index in [1.165, 1.54) is 24.3 Å². The first-order chi connectivity index (χ1) is 69.5. The van der Waals surface area contributed by atoms with Crippen LogP contribution in [0.25, 0.3) is 0 Å². The number of amides is 4. The zero-order valence-corrected chi connectivity index (χ0v) is 80.2. The smallest absolute Gasteiger partial charge is 0.247 e. The average Bonchev–Trinajstić information content (AvgIpc) is 0.835. The van der Waals surface area contributed by atoms with Crippen molar-refractivity contribution in [3.05, 3.63) is 304 Å². The van der Waals surface area contributed by atoms with Crippen LogP contribution in [0.4, 0.5) is 127 Å². The molecule has 3 aliphatic heterocycles. The topological polar surface area (TPSA) is 381 Å². The molecule has 0 radical (unpaired) electrons. The molecule has 7 heterocycles. The molecule has 3 fully saturated rings. The molecule has 0 bridgehead atoms. The summed E-state index contributed by atoms with van der Waals surface area (Å²) in [5.41, 5.74) is 9.39. The van der Waals surface area contributed by atoms with E-state index < -0.39 is 23.3 Å². The molecule has 4 aromatic heterocycles. The molecule has 11 N–H and O–H groups in total. The Hall–Kier alpha value is -16.0. The second kappa shape index (κ2) is 55.7. The van der Waals surface area contributed by atoms with Gasteiger partial charge in [-0.15, -0.1) is 0 Å². The summed E-state index contributed by atoms with van der Waals surface area (Å²) in [6.45, 7) is 36.3. The number of likely N-dealkylation sites (N-methyl/N-ethyl adjacent to an activating group) is 3. The molecule has 15 rings (SSSR count). The van der Waals surface area contributed by atoms with Crippen molar-refractivity contribution < 1.29 is 65.5 Å². The van der Waals surface area contributed by atoms with E-state index in [0.29, 0.717) is 90.7 Å². The predicted molar refractivity (Wildman–Crippen MR) is 551 cm³/mol. The monoisotopic (exact) mass is 1950 g/mol. The van der Waals surface area contributed by atoms with Gasteiger partial charge in [-0.05, 0) is 164 Å². The minimum absolute atomic E-state index is 0.00340. The van der Waals surface area contributed by atoms with Crippen LogP contribution in [0.2, 0.25) is 0 Å². The third-order valence-corrected chi connectivity index (χ3v) is 22.2. The van der Waals surface area contributed by atoms with Crippen LogP contribution in [0.15, 0.2) is 270 Å². The summed E-state index contributed by atoms with van der Waals surface area (Å²) in [4.78, 5) is 94.3. The molecule has 12 aromatic rings. The first kappa shape index (κ1) is 106.